The van der Waals surface area contributed by atoms with Crippen LogP contribution in [-0.4, -0.2) is 0 Å². The summed E-state index contributed by atoms with van der Waals surface area (Å²) in [6.45, 7) is 3.87. The normalized spacial score (nSPS) is 11.2. The molecular weight excluding hydrogens is 383 g/mol. The molecule has 4 aromatic carbocycles. The van der Waals surface area contributed by atoms with Crippen molar-refractivity contribution in [3.63, 3.8) is 0 Å². The lowest BCUT2D eigenvalue weighted by Gasteiger charge is -2.20. The van der Waals surface area contributed by atoms with Crippen LogP contribution >= 0.6 is 7.82 Å². The second-order valence-corrected chi connectivity index (χ2v) is 8.31. The van der Waals surface area contributed by atoms with Crippen LogP contribution in [0.15, 0.2) is 91.0 Å². The quantitative estimate of drug-likeness (QED) is 0.322. The lowest BCUT2D eigenvalue weighted by atomic mass is 10.1. The third-order valence-corrected chi connectivity index (χ3v) is 5.65. The van der Waals surface area contributed by atoms with Crippen LogP contribution in [0.5, 0.6) is 17.2 Å². The smallest absolute Gasteiger partial charge is 0.386 e. The van der Waals surface area contributed by atoms with E-state index in [0.717, 1.165) is 21.9 Å². The van der Waals surface area contributed by atoms with E-state index in [2.05, 4.69) is 0 Å². The summed E-state index contributed by atoms with van der Waals surface area (Å²) in [6.07, 6.45) is 0. The van der Waals surface area contributed by atoms with Gasteiger partial charge in [0.25, 0.3) is 0 Å². The molecule has 4 aromatic rings. The monoisotopic (exact) mass is 404 g/mol. The lowest BCUT2D eigenvalue weighted by Crippen LogP contribution is -2.07. The zero-order valence-electron chi connectivity index (χ0n) is 16.2. The van der Waals surface area contributed by atoms with Crippen LogP contribution in [0.25, 0.3) is 10.8 Å². The van der Waals surface area contributed by atoms with Gasteiger partial charge >= 0.3 is 7.82 Å². The minimum Gasteiger partial charge on any atom is -0.386 e. The molecule has 4 nitrogen and oxygen atoms in total. The standard InChI is InChI=1S/C24H21O4P/c1-18-7-5-11-22(15-18)26-29(25,27-23-12-6-8-19(2)16-23)28-24-14-13-20-9-3-4-10-21(20)17-24/h3-17H,1-2H3. The summed E-state index contributed by atoms with van der Waals surface area (Å²) >= 11 is 0. The highest BCUT2D eigenvalue weighted by Gasteiger charge is 2.33. The Bertz CT molecular complexity index is 1150. The van der Waals surface area contributed by atoms with Crippen molar-refractivity contribution in [1.29, 1.82) is 0 Å². The van der Waals surface area contributed by atoms with Gasteiger partial charge in [0.1, 0.15) is 17.2 Å². The third-order valence-electron chi connectivity index (χ3n) is 4.35. The molecule has 0 N–H and O–H groups in total. The molecule has 0 saturated heterocycles. The largest absolute Gasteiger partial charge is 0.647 e. The Balaban J connectivity index is 1.68. The zero-order valence-corrected chi connectivity index (χ0v) is 17.1. The molecule has 4 rings (SSSR count). The Labute approximate surface area is 170 Å². The highest BCUT2D eigenvalue weighted by Crippen LogP contribution is 2.50. The van der Waals surface area contributed by atoms with Gasteiger partial charge in [0.2, 0.25) is 0 Å². The molecule has 146 valence electrons. The zero-order chi connectivity index (χ0) is 20.3. The Kier molecular flexibility index (Phi) is 5.28. The van der Waals surface area contributed by atoms with E-state index in [4.69, 9.17) is 13.6 Å². The van der Waals surface area contributed by atoms with Crippen molar-refractivity contribution >= 4 is 18.6 Å². The number of aryl methyl sites for hydroxylation is 2. The van der Waals surface area contributed by atoms with Crippen LogP contribution in [0.4, 0.5) is 0 Å². The van der Waals surface area contributed by atoms with E-state index in [9.17, 15) is 4.57 Å². The molecule has 0 aliphatic heterocycles. The lowest BCUT2D eigenvalue weighted by molar-refractivity contribution is 0.298. The number of benzene rings is 4. The number of fused-ring (bicyclic) bond motifs is 1. The third kappa shape index (κ3) is 4.79. The number of phosphoric acid groups is 1. The van der Waals surface area contributed by atoms with Gasteiger partial charge in [0.15, 0.2) is 0 Å². The minimum absolute atomic E-state index is 0.410. The molecule has 0 atom stereocenters. The van der Waals surface area contributed by atoms with E-state index in [1.54, 1.807) is 30.3 Å². The van der Waals surface area contributed by atoms with Crippen molar-refractivity contribution in [3.05, 3.63) is 102 Å². The molecule has 0 radical (unpaired) electrons. The van der Waals surface area contributed by atoms with Crippen molar-refractivity contribution < 1.29 is 18.1 Å². The average molecular weight is 404 g/mol. The average Bonchev–Trinajstić information content (AvgIpc) is 2.67. The van der Waals surface area contributed by atoms with Gasteiger partial charge in [-0.25, -0.2) is 0 Å². The summed E-state index contributed by atoms with van der Waals surface area (Å²) in [4.78, 5) is 0. The first-order valence-corrected chi connectivity index (χ1v) is 10.8. The molecule has 0 heterocycles. The Hall–Kier alpha value is -3.23. The fraction of sp³-hybridized carbons (Fsp3) is 0.0833. The van der Waals surface area contributed by atoms with Gasteiger partial charge in [0.05, 0.1) is 0 Å². The van der Waals surface area contributed by atoms with Crippen LogP contribution in [0.1, 0.15) is 11.1 Å². The molecule has 0 amide bonds. The van der Waals surface area contributed by atoms with Gasteiger partial charge in [-0.2, -0.15) is 4.57 Å². The van der Waals surface area contributed by atoms with Gasteiger partial charge in [-0.05, 0) is 72.1 Å². The van der Waals surface area contributed by atoms with Crippen molar-refractivity contribution in [2.75, 3.05) is 0 Å². The SMILES string of the molecule is Cc1cccc(OP(=O)(Oc2cccc(C)c2)Oc2ccc3ccccc3c2)c1. The molecule has 0 fully saturated rings. The Morgan fingerprint density at radius 3 is 1.62 bits per heavy atom. The molecule has 0 spiro atoms. The maximum Gasteiger partial charge on any atom is 0.647 e. The van der Waals surface area contributed by atoms with Crippen LogP contribution < -0.4 is 13.6 Å². The number of hydrogen-bond donors (Lipinski definition) is 0. The first-order valence-electron chi connectivity index (χ1n) is 9.30. The van der Waals surface area contributed by atoms with E-state index in [1.165, 1.54) is 0 Å². The van der Waals surface area contributed by atoms with Gasteiger partial charge in [-0.3, -0.25) is 0 Å². The predicted octanol–water partition coefficient (Wildman–Crippen LogP) is 7.10. The molecule has 29 heavy (non-hydrogen) atoms. The first kappa shape index (κ1) is 19.1. The second-order valence-electron chi connectivity index (χ2n) is 6.86. The van der Waals surface area contributed by atoms with Crippen LogP contribution in [0, 0.1) is 13.8 Å². The van der Waals surface area contributed by atoms with Crippen LogP contribution in [-0.2, 0) is 4.57 Å². The highest BCUT2D eigenvalue weighted by atomic mass is 31.2. The van der Waals surface area contributed by atoms with Gasteiger partial charge in [0, 0.05) is 0 Å². The van der Waals surface area contributed by atoms with Crippen molar-refractivity contribution in [2.24, 2.45) is 0 Å². The summed E-state index contributed by atoms with van der Waals surface area (Å²) in [5, 5.41) is 2.04. The van der Waals surface area contributed by atoms with Crippen molar-refractivity contribution in [2.45, 2.75) is 13.8 Å². The first-order chi connectivity index (χ1) is 14.0. The molecule has 0 aliphatic rings. The molecule has 5 heteroatoms. The highest BCUT2D eigenvalue weighted by molar-refractivity contribution is 7.49. The maximum atomic E-state index is 13.6. The molecule has 0 saturated carbocycles. The van der Waals surface area contributed by atoms with Gasteiger partial charge in [-0.15, -0.1) is 0 Å². The van der Waals surface area contributed by atoms with Crippen molar-refractivity contribution in [3.8, 4) is 17.2 Å². The molecule has 0 unspecified atom stereocenters. The van der Waals surface area contributed by atoms with E-state index in [0.29, 0.717) is 17.2 Å². The summed E-state index contributed by atoms with van der Waals surface area (Å²) < 4.78 is 30.9. The number of rotatable bonds is 6. The summed E-state index contributed by atoms with van der Waals surface area (Å²) in [5.41, 5.74) is 1.96. The van der Waals surface area contributed by atoms with Crippen LogP contribution in [0.2, 0.25) is 0 Å². The topological polar surface area (TPSA) is 44.8 Å². The Morgan fingerprint density at radius 1 is 0.552 bits per heavy atom. The number of phosphoric ester groups is 1. The summed E-state index contributed by atoms with van der Waals surface area (Å²) in [5.74, 6) is 1.25. The maximum absolute atomic E-state index is 13.6. The van der Waals surface area contributed by atoms with Gasteiger partial charge < -0.3 is 13.6 Å². The molecule has 0 aliphatic carbocycles. The fourth-order valence-corrected chi connectivity index (χ4v) is 4.24. The Morgan fingerprint density at radius 2 is 1.07 bits per heavy atom. The number of hydrogen-bond acceptors (Lipinski definition) is 4. The van der Waals surface area contributed by atoms with Crippen molar-refractivity contribution in [1.82, 2.24) is 0 Å². The summed E-state index contributed by atoms with van der Waals surface area (Å²) in [7, 11) is -4.00. The predicted molar refractivity (Wildman–Crippen MR) is 116 cm³/mol. The van der Waals surface area contributed by atoms with E-state index >= 15 is 0 Å². The molecule has 0 bridgehead atoms. The fourth-order valence-electron chi connectivity index (χ4n) is 3.01. The van der Waals surface area contributed by atoms with Crippen LogP contribution in [0.3, 0.4) is 0 Å². The molecular formula is C24H21O4P. The summed E-state index contributed by atoms with van der Waals surface area (Å²) in [6, 6.07) is 27.9. The van der Waals surface area contributed by atoms with E-state index in [-0.39, 0.29) is 0 Å². The minimum atomic E-state index is -4.00. The van der Waals surface area contributed by atoms with E-state index in [1.807, 2.05) is 74.5 Å². The van der Waals surface area contributed by atoms with Gasteiger partial charge in [-0.1, -0.05) is 54.6 Å². The van der Waals surface area contributed by atoms with E-state index < -0.39 is 7.82 Å². The second kappa shape index (κ2) is 8.02. The molecule has 0 aromatic heterocycles.